The molecule has 0 saturated carbocycles. The van der Waals surface area contributed by atoms with Gasteiger partial charge in [0.05, 0.1) is 20.2 Å². The number of aliphatic imine (C=N–C) groups is 1. The maximum absolute atomic E-state index is 11.6. The normalized spacial score (nSPS) is 10.5. The van der Waals surface area contributed by atoms with Crippen molar-refractivity contribution in [2.75, 3.05) is 26.7 Å². The van der Waals surface area contributed by atoms with Gasteiger partial charge < -0.3 is 20.7 Å². The first-order valence-electron chi connectivity index (χ1n) is 7.61. The van der Waals surface area contributed by atoms with E-state index in [0.29, 0.717) is 19.0 Å². The number of benzene rings is 1. The second-order valence-corrected chi connectivity index (χ2v) is 4.75. The molecule has 0 aliphatic carbocycles. The van der Waals surface area contributed by atoms with E-state index in [1.165, 1.54) is 0 Å². The largest absolute Gasteiger partial charge is 0.497 e. The molecule has 3 N–H and O–H groups in total. The lowest BCUT2D eigenvalue weighted by Crippen LogP contribution is -2.43. The molecule has 0 aliphatic rings. The first-order chi connectivity index (χ1) is 10.7. The van der Waals surface area contributed by atoms with Crippen LogP contribution in [0.15, 0.2) is 29.3 Å². The highest BCUT2D eigenvalue weighted by Gasteiger charge is 2.02. The highest BCUT2D eigenvalue weighted by molar-refractivity contribution is 14.0. The van der Waals surface area contributed by atoms with Crippen LogP contribution in [0.2, 0.25) is 0 Å². The van der Waals surface area contributed by atoms with E-state index in [4.69, 9.17) is 4.74 Å². The zero-order chi connectivity index (χ0) is 16.2. The van der Waals surface area contributed by atoms with Crippen LogP contribution >= 0.6 is 24.0 Å². The van der Waals surface area contributed by atoms with Gasteiger partial charge in [-0.2, -0.15) is 0 Å². The Kier molecular flexibility index (Phi) is 12.1. The summed E-state index contributed by atoms with van der Waals surface area (Å²) < 4.78 is 5.13. The van der Waals surface area contributed by atoms with E-state index in [2.05, 4.69) is 20.9 Å². The first-order valence-corrected chi connectivity index (χ1v) is 7.61. The molecule has 7 heteroatoms. The van der Waals surface area contributed by atoms with Crippen LogP contribution < -0.4 is 20.7 Å². The molecule has 0 spiro atoms. The molecule has 23 heavy (non-hydrogen) atoms. The summed E-state index contributed by atoms with van der Waals surface area (Å²) in [6, 6.07) is 7.76. The predicted octanol–water partition coefficient (Wildman–Crippen LogP) is 1.89. The Bertz CT molecular complexity index is 477. The van der Waals surface area contributed by atoms with Gasteiger partial charge in [-0.1, -0.05) is 19.1 Å². The van der Waals surface area contributed by atoms with Gasteiger partial charge in [0.1, 0.15) is 5.75 Å². The van der Waals surface area contributed by atoms with Crippen LogP contribution in [-0.4, -0.2) is 38.6 Å². The Labute approximate surface area is 155 Å². The van der Waals surface area contributed by atoms with E-state index in [9.17, 15) is 4.79 Å². The van der Waals surface area contributed by atoms with E-state index in [-0.39, 0.29) is 36.4 Å². The highest BCUT2D eigenvalue weighted by Crippen LogP contribution is 2.11. The summed E-state index contributed by atoms with van der Waals surface area (Å²) in [5, 5.41) is 8.96. The van der Waals surface area contributed by atoms with Crippen LogP contribution in [0.1, 0.15) is 25.8 Å². The van der Waals surface area contributed by atoms with Gasteiger partial charge in [-0.3, -0.25) is 4.79 Å². The molecule has 0 unspecified atom stereocenters. The zero-order valence-corrected chi connectivity index (χ0v) is 16.3. The summed E-state index contributed by atoms with van der Waals surface area (Å²) in [6.45, 7) is 6.20. The Morgan fingerprint density at radius 2 is 1.83 bits per heavy atom. The van der Waals surface area contributed by atoms with Crippen LogP contribution in [0.25, 0.3) is 0 Å². The molecule has 0 bridgehead atoms. The Balaban J connectivity index is 0.00000484. The van der Waals surface area contributed by atoms with Gasteiger partial charge in [0.25, 0.3) is 0 Å². The molecule has 0 radical (unpaired) electrons. The number of amides is 1. The molecule has 1 amide bonds. The fraction of sp³-hybridized carbons (Fsp3) is 0.500. The zero-order valence-electron chi connectivity index (χ0n) is 14.0. The minimum absolute atomic E-state index is 0. The summed E-state index contributed by atoms with van der Waals surface area (Å²) in [5.74, 6) is 1.42. The van der Waals surface area contributed by atoms with Crippen molar-refractivity contribution in [2.24, 2.45) is 4.99 Å². The smallest absolute Gasteiger partial charge is 0.239 e. The van der Waals surface area contributed by atoms with Crippen molar-refractivity contribution >= 4 is 35.8 Å². The summed E-state index contributed by atoms with van der Waals surface area (Å²) in [5.41, 5.74) is 1.08. The molecule has 6 nitrogen and oxygen atoms in total. The number of ether oxygens (including phenoxy) is 1. The molecule has 0 saturated heterocycles. The average Bonchev–Trinajstić information content (AvgIpc) is 2.55. The molecule has 1 aromatic rings. The van der Waals surface area contributed by atoms with Crippen molar-refractivity contribution in [2.45, 2.75) is 26.8 Å². The Morgan fingerprint density at radius 3 is 2.39 bits per heavy atom. The number of guanidine groups is 1. The summed E-state index contributed by atoms with van der Waals surface area (Å²) in [7, 11) is 1.64. The van der Waals surface area contributed by atoms with Crippen LogP contribution in [-0.2, 0) is 11.3 Å². The van der Waals surface area contributed by atoms with E-state index in [1.54, 1.807) is 7.11 Å². The van der Waals surface area contributed by atoms with Crippen molar-refractivity contribution in [3.8, 4) is 5.75 Å². The average molecular weight is 434 g/mol. The van der Waals surface area contributed by atoms with Gasteiger partial charge in [0, 0.05) is 13.1 Å². The topological polar surface area (TPSA) is 74.8 Å². The third-order valence-electron chi connectivity index (χ3n) is 2.91. The second-order valence-electron chi connectivity index (χ2n) is 4.75. The third-order valence-corrected chi connectivity index (χ3v) is 2.91. The molecule has 1 rings (SSSR count). The highest BCUT2D eigenvalue weighted by atomic mass is 127. The van der Waals surface area contributed by atoms with E-state index < -0.39 is 0 Å². The molecule has 1 aromatic carbocycles. The lowest BCUT2D eigenvalue weighted by molar-refractivity contribution is -0.120. The van der Waals surface area contributed by atoms with Crippen molar-refractivity contribution in [1.29, 1.82) is 0 Å². The SMILES string of the molecule is CCCNC(=O)CNC(=NCc1ccc(OC)cc1)NCC.I. The van der Waals surface area contributed by atoms with Crippen molar-refractivity contribution in [3.05, 3.63) is 29.8 Å². The summed E-state index contributed by atoms with van der Waals surface area (Å²) >= 11 is 0. The number of carbonyl (C=O) groups is 1. The fourth-order valence-corrected chi connectivity index (χ4v) is 1.73. The molecule has 130 valence electrons. The first kappa shape index (κ1) is 21.5. The van der Waals surface area contributed by atoms with Crippen molar-refractivity contribution in [3.63, 3.8) is 0 Å². The van der Waals surface area contributed by atoms with Gasteiger partial charge in [-0.15, -0.1) is 24.0 Å². The number of methoxy groups -OCH3 is 1. The number of hydrogen-bond acceptors (Lipinski definition) is 3. The summed E-state index contributed by atoms with van der Waals surface area (Å²) in [6.07, 6.45) is 0.928. The van der Waals surface area contributed by atoms with Crippen molar-refractivity contribution < 1.29 is 9.53 Å². The number of rotatable bonds is 8. The third kappa shape index (κ3) is 9.27. The standard InChI is InChI=1S/C16H26N4O2.HI/c1-4-10-18-15(21)12-20-16(17-5-2)19-11-13-6-8-14(22-3)9-7-13;/h6-9H,4-5,10-12H2,1-3H3,(H,18,21)(H2,17,19,20);1H. The molecule has 0 atom stereocenters. The lowest BCUT2D eigenvalue weighted by Gasteiger charge is -2.11. The van der Waals surface area contributed by atoms with Crippen LogP contribution in [0.3, 0.4) is 0 Å². The Hall–Kier alpha value is -1.51. The van der Waals surface area contributed by atoms with E-state index in [1.807, 2.05) is 38.1 Å². The number of hydrogen-bond donors (Lipinski definition) is 3. The number of halogens is 1. The summed E-state index contributed by atoms with van der Waals surface area (Å²) in [4.78, 5) is 16.1. The maximum Gasteiger partial charge on any atom is 0.239 e. The number of carbonyl (C=O) groups excluding carboxylic acids is 1. The number of nitrogens with zero attached hydrogens (tertiary/aromatic N) is 1. The molecular weight excluding hydrogens is 407 g/mol. The van der Waals surface area contributed by atoms with Gasteiger partial charge in [0.2, 0.25) is 5.91 Å². The van der Waals surface area contributed by atoms with Crippen LogP contribution in [0.5, 0.6) is 5.75 Å². The maximum atomic E-state index is 11.6. The molecule has 0 fully saturated rings. The minimum atomic E-state index is -0.0306. The molecule has 0 aromatic heterocycles. The second kappa shape index (κ2) is 13.0. The Morgan fingerprint density at radius 1 is 1.13 bits per heavy atom. The van der Waals surface area contributed by atoms with Gasteiger partial charge in [-0.05, 0) is 31.0 Å². The van der Waals surface area contributed by atoms with E-state index >= 15 is 0 Å². The quantitative estimate of drug-likeness (QED) is 0.332. The van der Waals surface area contributed by atoms with Crippen LogP contribution in [0, 0.1) is 0 Å². The van der Waals surface area contributed by atoms with Gasteiger partial charge in [0.15, 0.2) is 5.96 Å². The van der Waals surface area contributed by atoms with Gasteiger partial charge in [-0.25, -0.2) is 4.99 Å². The molecular formula is C16H27IN4O2. The van der Waals surface area contributed by atoms with Gasteiger partial charge >= 0.3 is 0 Å². The van der Waals surface area contributed by atoms with E-state index in [0.717, 1.165) is 24.3 Å². The predicted molar refractivity (Wildman–Crippen MR) is 105 cm³/mol. The lowest BCUT2D eigenvalue weighted by atomic mass is 10.2. The minimum Gasteiger partial charge on any atom is -0.497 e. The van der Waals surface area contributed by atoms with Crippen molar-refractivity contribution in [1.82, 2.24) is 16.0 Å². The van der Waals surface area contributed by atoms with Crippen LogP contribution in [0.4, 0.5) is 0 Å². The molecule has 0 heterocycles. The monoisotopic (exact) mass is 434 g/mol. The fourth-order valence-electron chi connectivity index (χ4n) is 1.73. The molecule has 0 aliphatic heterocycles. The number of nitrogens with one attached hydrogen (secondary N) is 3.